The Hall–Kier alpha value is -2.73. The van der Waals surface area contributed by atoms with Crippen molar-refractivity contribution < 1.29 is 14.8 Å². The molecule has 0 aliphatic heterocycles. The monoisotopic (exact) mass is 300 g/mol. The number of rotatable bonds is 4. The standard InChI is InChI=1S/C16H16N2O4/c1-10-14(4-3-5-15(10)18(21)22)16(20)17-13-8-6-12(7-9-13)11(2)19/h3-9,11,19H,1-2H3,(H,17,20). The van der Waals surface area contributed by atoms with Crippen LogP contribution in [0.4, 0.5) is 11.4 Å². The van der Waals surface area contributed by atoms with Gasteiger partial charge in [0.1, 0.15) is 0 Å². The number of benzene rings is 2. The highest BCUT2D eigenvalue weighted by Gasteiger charge is 2.17. The smallest absolute Gasteiger partial charge is 0.273 e. The summed E-state index contributed by atoms with van der Waals surface area (Å²) in [5.74, 6) is -0.411. The Labute approximate surface area is 127 Å². The molecular weight excluding hydrogens is 284 g/mol. The Kier molecular flexibility index (Phi) is 4.53. The lowest BCUT2D eigenvalue weighted by atomic mass is 10.1. The van der Waals surface area contributed by atoms with E-state index >= 15 is 0 Å². The Morgan fingerprint density at radius 1 is 1.23 bits per heavy atom. The molecule has 1 unspecified atom stereocenters. The fourth-order valence-electron chi connectivity index (χ4n) is 2.11. The summed E-state index contributed by atoms with van der Waals surface area (Å²) < 4.78 is 0. The second kappa shape index (κ2) is 6.36. The SMILES string of the molecule is Cc1c(C(=O)Nc2ccc(C(C)O)cc2)cccc1[N+](=O)[O-]. The Bertz CT molecular complexity index is 709. The number of hydrogen-bond donors (Lipinski definition) is 2. The number of nitro groups is 1. The second-order valence-electron chi connectivity index (χ2n) is 4.96. The summed E-state index contributed by atoms with van der Waals surface area (Å²) >= 11 is 0. The van der Waals surface area contributed by atoms with Crippen LogP contribution in [-0.2, 0) is 0 Å². The summed E-state index contributed by atoms with van der Waals surface area (Å²) in [6.45, 7) is 3.20. The molecule has 6 heteroatoms. The fourth-order valence-corrected chi connectivity index (χ4v) is 2.11. The third kappa shape index (κ3) is 3.29. The van der Waals surface area contributed by atoms with Crippen molar-refractivity contribution in [2.45, 2.75) is 20.0 Å². The lowest BCUT2D eigenvalue weighted by Gasteiger charge is -2.09. The van der Waals surface area contributed by atoms with Gasteiger partial charge in [-0.05, 0) is 37.6 Å². The first-order chi connectivity index (χ1) is 10.4. The van der Waals surface area contributed by atoms with Gasteiger partial charge in [-0.2, -0.15) is 0 Å². The summed E-state index contributed by atoms with van der Waals surface area (Å²) in [5.41, 5.74) is 1.79. The Morgan fingerprint density at radius 3 is 2.41 bits per heavy atom. The molecular formula is C16H16N2O4. The Balaban J connectivity index is 2.22. The number of aliphatic hydroxyl groups is 1. The quantitative estimate of drug-likeness (QED) is 0.670. The molecule has 0 bridgehead atoms. The topological polar surface area (TPSA) is 92.5 Å². The van der Waals surface area contributed by atoms with E-state index in [4.69, 9.17) is 0 Å². The number of amides is 1. The van der Waals surface area contributed by atoms with E-state index in [0.29, 0.717) is 11.3 Å². The number of carbonyl (C=O) groups is 1. The van der Waals surface area contributed by atoms with Gasteiger partial charge in [-0.25, -0.2) is 0 Å². The minimum absolute atomic E-state index is 0.0860. The van der Waals surface area contributed by atoms with Crippen LogP contribution in [0.5, 0.6) is 0 Å². The van der Waals surface area contributed by atoms with Crippen LogP contribution in [0.3, 0.4) is 0 Å². The van der Waals surface area contributed by atoms with Gasteiger partial charge in [-0.15, -0.1) is 0 Å². The first-order valence-corrected chi connectivity index (χ1v) is 6.73. The molecule has 2 aromatic rings. The van der Waals surface area contributed by atoms with E-state index in [1.54, 1.807) is 44.2 Å². The molecule has 0 saturated heterocycles. The van der Waals surface area contributed by atoms with Crippen molar-refractivity contribution in [1.82, 2.24) is 0 Å². The van der Waals surface area contributed by atoms with Gasteiger partial charge in [0.25, 0.3) is 11.6 Å². The molecule has 2 N–H and O–H groups in total. The van der Waals surface area contributed by atoms with E-state index < -0.39 is 16.9 Å². The van der Waals surface area contributed by atoms with E-state index in [1.807, 2.05) is 0 Å². The van der Waals surface area contributed by atoms with Crippen LogP contribution in [0.25, 0.3) is 0 Å². The van der Waals surface area contributed by atoms with Crippen LogP contribution < -0.4 is 5.32 Å². The summed E-state index contributed by atoms with van der Waals surface area (Å²) in [7, 11) is 0. The van der Waals surface area contributed by atoms with Gasteiger partial charge < -0.3 is 10.4 Å². The highest BCUT2D eigenvalue weighted by molar-refractivity contribution is 6.05. The van der Waals surface area contributed by atoms with Crippen LogP contribution >= 0.6 is 0 Å². The van der Waals surface area contributed by atoms with Crippen molar-refractivity contribution in [3.8, 4) is 0 Å². The van der Waals surface area contributed by atoms with Crippen LogP contribution in [0.15, 0.2) is 42.5 Å². The molecule has 0 heterocycles. The number of nitro benzene ring substituents is 1. The zero-order chi connectivity index (χ0) is 16.3. The first-order valence-electron chi connectivity index (χ1n) is 6.73. The first kappa shape index (κ1) is 15.7. The van der Waals surface area contributed by atoms with Crippen LogP contribution in [-0.4, -0.2) is 15.9 Å². The van der Waals surface area contributed by atoms with E-state index in [-0.39, 0.29) is 11.3 Å². The molecule has 1 amide bonds. The molecule has 2 rings (SSSR count). The van der Waals surface area contributed by atoms with E-state index in [0.717, 1.165) is 5.56 Å². The number of nitrogens with one attached hydrogen (secondary N) is 1. The second-order valence-corrected chi connectivity index (χ2v) is 4.96. The molecule has 0 spiro atoms. The van der Waals surface area contributed by atoms with Gasteiger partial charge in [0.15, 0.2) is 0 Å². The van der Waals surface area contributed by atoms with Crippen molar-refractivity contribution in [2.24, 2.45) is 0 Å². The predicted octanol–water partition coefficient (Wildman–Crippen LogP) is 3.21. The van der Waals surface area contributed by atoms with E-state index in [1.165, 1.54) is 12.1 Å². The molecule has 6 nitrogen and oxygen atoms in total. The van der Waals surface area contributed by atoms with Gasteiger partial charge in [-0.3, -0.25) is 14.9 Å². The number of aliphatic hydroxyl groups excluding tert-OH is 1. The molecule has 0 saturated carbocycles. The van der Waals surface area contributed by atoms with Gasteiger partial charge in [0, 0.05) is 22.9 Å². The van der Waals surface area contributed by atoms with Crippen LogP contribution in [0.1, 0.15) is 34.5 Å². The van der Waals surface area contributed by atoms with E-state index in [9.17, 15) is 20.0 Å². The fraction of sp³-hybridized carbons (Fsp3) is 0.188. The maximum atomic E-state index is 12.2. The van der Waals surface area contributed by atoms with Crippen molar-refractivity contribution in [3.05, 3.63) is 69.3 Å². The highest BCUT2D eigenvalue weighted by atomic mass is 16.6. The molecule has 0 aliphatic rings. The van der Waals surface area contributed by atoms with Crippen molar-refractivity contribution in [2.75, 3.05) is 5.32 Å². The molecule has 0 radical (unpaired) electrons. The van der Waals surface area contributed by atoms with E-state index in [2.05, 4.69) is 5.32 Å². The van der Waals surface area contributed by atoms with Gasteiger partial charge in [0.05, 0.1) is 11.0 Å². The third-order valence-electron chi connectivity index (χ3n) is 3.40. The third-order valence-corrected chi connectivity index (χ3v) is 3.40. The molecule has 1 atom stereocenters. The minimum Gasteiger partial charge on any atom is -0.389 e. The van der Waals surface area contributed by atoms with Gasteiger partial charge in [0.2, 0.25) is 0 Å². The number of anilines is 1. The largest absolute Gasteiger partial charge is 0.389 e. The molecule has 2 aromatic carbocycles. The molecule has 0 aliphatic carbocycles. The summed E-state index contributed by atoms with van der Waals surface area (Å²) in [6, 6.07) is 11.2. The molecule has 22 heavy (non-hydrogen) atoms. The van der Waals surface area contributed by atoms with Gasteiger partial charge in [-0.1, -0.05) is 18.2 Å². The predicted molar refractivity (Wildman–Crippen MR) is 82.9 cm³/mol. The average molecular weight is 300 g/mol. The Morgan fingerprint density at radius 2 is 1.86 bits per heavy atom. The number of hydrogen-bond acceptors (Lipinski definition) is 4. The zero-order valence-corrected chi connectivity index (χ0v) is 12.2. The number of carbonyl (C=O) groups excluding carboxylic acids is 1. The lowest BCUT2D eigenvalue weighted by Crippen LogP contribution is -2.14. The van der Waals surface area contributed by atoms with Gasteiger partial charge >= 0.3 is 0 Å². The van der Waals surface area contributed by atoms with Crippen LogP contribution in [0, 0.1) is 17.0 Å². The molecule has 114 valence electrons. The van der Waals surface area contributed by atoms with Crippen molar-refractivity contribution in [1.29, 1.82) is 0 Å². The summed E-state index contributed by atoms with van der Waals surface area (Å²) in [6.07, 6.45) is -0.580. The minimum atomic E-state index is -0.580. The average Bonchev–Trinajstić information content (AvgIpc) is 2.47. The highest BCUT2D eigenvalue weighted by Crippen LogP contribution is 2.22. The summed E-state index contributed by atoms with van der Waals surface area (Å²) in [4.78, 5) is 22.6. The van der Waals surface area contributed by atoms with Crippen molar-refractivity contribution in [3.63, 3.8) is 0 Å². The lowest BCUT2D eigenvalue weighted by molar-refractivity contribution is -0.385. The summed E-state index contributed by atoms with van der Waals surface area (Å²) in [5, 5.41) is 23.0. The van der Waals surface area contributed by atoms with Crippen LogP contribution in [0.2, 0.25) is 0 Å². The maximum absolute atomic E-state index is 12.2. The zero-order valence-electron chi connectivity index (χ0n) is 12.2. The van der Waals surface area contributed by atoms with Crippen molar-refractivity contribution >= 4 is 17.3 Å². The maximum Gasteiger partial charge on any atom is 0.273 e. The number of nitrogens with zero attached hydrogens (tertiary/aromatic N) is 1. The molecule has 0 aromatic heterocycles. The normalized spacial score (nSPS) is 11.8. The molecule has 0 fully saturated rings.